The van der Waals surface area contributed by atoms with Crippen LogP contribution in [0.2, 0.25) is 0 Å². The lowest BCUT2D eigenvalue weighted by atomic mass is 10.0. The van der Waals surface area contributed by atoms with Crippen molar-refractivity contribution in [3.8, 4) is 17.0 Å². The van der Waals surface area contributed by atoms with Crippen LogP contribution in [0, 0.1) is 0 Å². The van der Waals surface area contributed by atoms with E-state index in [-0.39, 0.29) is 0 Å². The summed E-state index contributed by atoms with van der Waals surface area (Å²) in [5.74, 6) is 0.929. The van der Waals surface area contributed by atoms with Crippen LogP contribution in [0.25, 0.3) is 11.3 Å². The second-order valence-corrected chi connectivity index (χ2v) is 9.74. The van der Waals surface area contributed by atoms with Crippen LogP contribution >= 0.6 is 0 Å². The molecule has 0 saturated heterocycles. The van der Waals surface area contributed by atoms with Crippen LogP contribution in [-0.4, -0.2) is 17.8 Å². The maximum atomic E-state index is 14.0. The number of halogens is 1. The molecule has 0 amide bonds. The van der Waals surface area contributed by atoms with Gasteiger partial charge in [0.15, 0.2) is 0 Å². The van der Waals surface area contributed by atoms with E-state index in [2.05, 4.69) is 43.1 Å². The molecule has 34 heavy (non-hydrogen) atoms. The second-order valence-electron chi connectivity index (χ2n) is 9.74. The van der Waals surface area contributed by atoms with Crippen molar-refractivity contribution in [2.75, 3.05) is 6.61 Å². The largest absolute Gasteiger partial charge is 0.494 e. The first-order valence-electron chi connectivity index (χ1n) is 14.0. The molecule has 0 aliphatic rings. The Balaban J connectivity index is 1.62. The highest BCUT2D eigenvalue weighted by Gasteiger charge is 2.07. The summed E-state index contributed by atoms with van der Waals surface area (Å²) >= 11 is 0. The Morgan fingerprint density at radius 3 is 1.97 bits per heavy atom. The number of aromatic nitrogens is 1. The van der Waals surface area contributed by atoms with E-state index in [1.165, 1.54) is 63.4 Å². The number of benzene rings is 1. The predicted octanol–water partition coefficient (Wildman–Crippen LogP) is 9.90. The zero-order valence-corrected chi connectivity index (χ0v) is 21.9. The summed E-state index contributed by atoms with van der Waals surface area (Å²) in [6, 6.07) is 12.4. The summed E-state index contributed by atoms with van der Waals surface area (Å²) in [6.45, 7) is 5.24. The van der Waals surface area contributed by atoms with Crippen molar-refractivity contribution in [1.29, 1.82) is 0 Å². The van der Waals surface area contributed by atoms with Crippen molar-refractivity contribution in [2.24, 2.45) is 0 Å². The van der Waals surface area contributed by atoms with E-state index in [1.807, 2.05) is 18.3 Å². The van der Waals surface area contributed by atoms with Gasteiger partial charge in [0.2, 0.25) is 0 Å². The highest BCUT2D eigenvalue weighted by molar-refractivity contribution is 5.60. The number of aryl methyl sites for hydroxylation is 1. The second kappa shape index (κ2) is 18.4. The Morgan fingerprint density at radius 2 is 1.32 bits per heavy atom. The summed E-state index contributed by atoms with van der Waals surface area (Å²) in [7, 11) is 0. The van der Waals surface area contributed by atoms with Gasteiger partial charge >= 0.3 is 0 Å². The number of rotatable bonds is 20. The minimum Gasteiger partial charge on any atom is -0.494 e. The molecule has 1 unspecified atom stereocenters. The van der Waals surface area contributed by atoms with Gasteiger partial charge in [0.05, 0.1) is 12.3 Å². The van der Waals surface area contributed by atoms with Gasteiger partial charge in [-0.25, -0.2) is 4.39 Å². The van der Waals surface area contributed by atoms with Gasteiger partial charge in [-0.2, -0.15) is 0 Å². The Morgan fingerprint density at radius 1 is 0.706 bits per heavy atom. The van der Waals surface area contributed by atoms with Crippen molar-refractivity contribution in [2.45, 2.75) is 123 Å². The van der Waals surface area contributed by atoms with Crippen molar-refractivity contribution in [3.05, 3.63) is 48.2 Å². The molecule has 190 valence electrons. The van der Waals surface area contributed by atoms with Crippen LogP contribution in [-0.2, 0) is 6.42 Å². The van der Waals surface area contributed by atoms with E-state index in [0.29, 0.717) is 6.42 Å². The lowest BCUT2D eigenvalue weighted by Gasteiger charge is -2.09. The summed E-state index contributed by atoms with van der Waals surface area (Å²) < 4.78 is 19.9. The third-order valence-corrected chi connectivity index (χ3v) is 6.60. The molecule has 0 radical (unpaired) electrons. The molecule has 0 aliphatic heterocycles. The minimum absolute atomic E-state index is 0.652. The molecule has 2 rings (SSSR count). The van der Waals surface area contributed by atoms with Crippen LogP contribution in [0.5, 0.6) is 5.75 Å². The molecule has 0 aliphatic carbocycles. The van der Waals surface area contributed by atoms with E-state index in [1.54, 1.807) is 0 Å². The normalized spacial score (nSPS) is 12.1. The smallest absolute Gasteiger partial charge is 0.119 e. The Labute approximate surface area is 208 Å². The highest BCUT2D eigenvalue weighted by Crippen LogP contribution is 2.22. The minimum atomic E-state index is -0.652. The third-order valence-electron chi connectivity index (χ3n) is 6.60. The summed E-state index contributed by atoms with van der Waals surface area (Å²) in [5.41, 5.74) is 3.26. The van der Waals surface area contributed by atoms with E-state index < -0.39 is 6.17 Å². The van der Waals surface area contributed by atoms with E-state index in [9.17, 15) is 4.39 Å². The first-order valence-corrected chi connectivity index (χ1v) is 14.0. The van der Waals surface area contributed by atoms with Crippen molar-refractivity contribution >= 4 is 0 Å². The number of hydrogen-bond acceptors (Lipinski definition) is 2. The quantitative estimate of drug-likeness (QED) is 0.180. The maximum Gasteiger partial charge on any atom is 0.119 e. The van der Waals surface area contributed by atoms with Gasteiger partial charge in [-0.15, -0.1) is 0 Å². The number of pyridine rings is 1. The fourth-order valence-electron chi connectivity index (χ4n) is 4.36. The summed E-state index contributed by atoms with van der Waals surface area (Å²) in [4.78, 5) is 4.63. The Hall–Kier alpha value is -1.90. The van der Waals surface area contributed by atoms with Crippen LogP contribution in [0.1, 0.15) is 116 Å². The lowest BCUT2D eigenvalue weighted by molar-refractivity contribution is 0.282. The summed E-state index contributed by atoms with van der Waals surface area (Å²) in [5, 5.41) is 0. The van der Waals surface area contributed by atoms with Crippen molar-refractivity contribution in [1.82, 2.24) is 4.98 Å². The van der Waals surface area contributed by atoms with Gasteiger partial charge in [0.25, 0.3) is 0 Å². The standard InChI is InChI=1S/C31H48FNO/c1-3-5-7-9-10-11-12-14-25-34-30-22-20-28(21-23-30)31-24-19-27(26-33-31)16-15-18-29(32)17-13-8-6-4-2/h19-24,26,29H,3-18,25H2,1-2H3. The van der Waals surface area contributed by atoms with Gasteiger partial charge in [-0.05, 0) is 68.0 Å². The molecule has 1 aromatic carbocycles. The molecule has 0 N–H and O–H groups in total. The molecular weight excluding hydrogens is 421 g/mol. The van der Waals surface area contributed by atoms with Crippen LogP contribution in [0.4, 0.5) is 4.39 Å². The zero-order valence-electron chi connectivity index (χ0n) is 21.9. The molecule has 0 bridgehead atoms. The monoisotopic (exact) mass is 469 g/mol. The van der Waals surface area contributed by atoms with Crippen LogP contribution in [0.15, 0.2) is 42.6 Å². The predicted molar refractivity (Wildman–Crippen MR) is 144 cm³/mol. The molecule has 0 saturated carbocycles. The van der Waals surface area contributed by atoms with Crippen molar-refractivity contribution < 1.29 is 9.13 Å². The number of nitrogens with zero attached hydrogens (tertiary/aromatic N) is 1. The van der Waals surface area contributed by atoms with Gasteiger partial charge in [0.1, 0.15) is 11.9 Å². The maximum absolute atomic E-state index is 14.0. The van der Waals surface area contributed by atoms with Crippen LogP contribution in [0.3, 0.4) is 0 Å². The first-order chi connectivity index (χ1) is 16.7. The molecule has 0 spiro atoms. The number of hydrogen-bond donors (Lipinski definition) is 0. The Kier molecular flexibility index (Phi) is 15.4. The number of alkyl halides is 1. The average molecular weight is 470 g/mol. The number of unbranched alkanes of at least 4 members (excludes halogenated alkanes) is 10. The van der Waals surface area contributed by atoms with E-state index in [4.69, 9.17) is 4.74 Å². The van der Waals surface area contributed by atoms with E-state index >= 15 is 0 Å². The topological polar surface area (TPSA) is 22.1 Å². The molecule has 1 heterocycles. The average Bonchev–Trinajstić information content (AvgIpc) is 2.86. The fourth-order valence-corrected chi connectivity index (χ4v) is 4.36. The molecule has 1 atom stereocenters. The molecule has 3 heteroatoms. The molecule has 2 aromatic rings. The first kappa shape index (κ1) is 28.3. The molecule has 1 aromatic heterocycles. The Bertz CT molecular complexity index is 728. The molecule has 2 nitrogen and oxygen atoms in total. The molecular formula is C31H48FNO. The van der Waals surface area contributed by atoms with E-state index in [0.717, 1.165) is 62.1 Å². The van der Waals surface area contributed by atoms with Gasteiger partial charge in [-0.1, -0.05) is 90.5 Å². The van der Waals surface area contributed by atoms with Gasteiger partial charge < -0.3 is 4.74 Å². The third kappa shape index (κ3) is 12.5. The SMILES string of the molecule is CCCCCCCCCCOc1ccc(-c2ccc(CCCC(F)CCCCCC)cn2)cc1. The summed E-state index contributed by atoms with van der Waals surface area (Å²) in [6.07, 6.45) is 19.6. The molecule has 0 fully saturated rings. The van der Waals surface area contributed by atoms with Crippen molar-refractivity contribution in [3.63, 3.8) is 0 Å². The van der Waals surface area contributed by atoms with Gasteiger partial charge in [-0.3, -0.25) is 4.98 Å². The lowest BCUT2D eigenvalue weighted by Crippen LogP contribution is -2.01. The fraction of sp³-hybridized carbons (Fsp3) is 0.645. The van der Waals surface area contributed by atoms with Gasteiger partial charge in [0, 0.05) is 11.8 Å². The van der Waals surface area contributed by atoms with Crippen LogP contribution < -0.4 is 4.74 Å². The zero-order chi connectivity index (χ0) is 24.3. The highest BCUT2D eigenvalue weighted by atomic mass is 19.1. The number of ether oxygens (including phenoxy) is 1.